The van der Waals surface area contributed by atoms with E-state index in [1.807, 2.05) is 26.0 Å². The van der Waals surface area contributed by atoms with Gasteiger partial charge in [0.2, 0.25) is 5.78 Å². The van der Waals surface area contributed by atoms with Crippen LogP contribution in [0.1, 0.15) is 29.8 Å². The van der Waals surface area contributed by atoms with Crippen LogP contribution in [0.5, 0.6) is 0 Å². The predicted molar refractivity (Wildman–Crippen MR) is 83.9 cm³/mol. The highest BCUT2D eigenvalue weighted by molar-refractivity contribution is 6.03. The van der Waals surface area contributed by atoms with Gasteiger partial charge in [-0.3, -0.25) is 4.79 Å². The Kier molecular flexibility index (Phi) is 4.56. The Bertz CT molecular complexity index is 595. The number of aliphatic hydroxyl groups is 1. The lowest BCUT2D eigenvalue weighted by Crippen LogP contribution is -2.54. The Morgan fingerprint density at radius 2 is 1.48 bits per heavy atom. The van der Waals surface area contributed by atoms with Crippen molar-refractivity contribution in [3.8, 4) is 0 Å². The van der Waals surface area contributed by atoms with E-state index in [-0.39, 0.29) is 11.7 Å². The predicted octanol–water partition coefficient (Wildman–Crippen LogP) is 2.74. The summed E-state index contributed by atoms with van der Waals surface area (Å²) in [6.45, 7) is 3.80. The number of nitrogens with two attached hydrogens (primary N) is 1. The Labute approximate surface area is 125 Å². The van der Waals surface area contributed by atoms with E-state index in [1.165, 1.54) is 0 Å². The summed E-state index contributed by atoms with van der Waals surface area (Å²) in [5.41, 5.74) is 5.46. The third-order valence-electron chi connectivity index (χ3n) is 3.80. The maximum Gasteiger partial charge on any atom is 0.200 e. The molecule has 3 nitrogen and oxygen atoms in total. The van der Waals surface area contributed by atoms with E-state index < -0.39 is 11.6 Å². The highest BCUT2D eigenvalue weighted by Gasteiger charge is 2.45. The molecule has 0 aromatic heterocycles. The molecule has 2 unspecified atom stereocenters. The fourth-order valence-corrected chi connectivity index (χ4v) is 2.46. The van der Waals surface area contributed by atoms with E-state index in [0.717, 1.165) is 0 Å². The van der Waals surface area contributed by atoms with Crippen LogP contribution >= 0.6 is 0 Å². The molecule has 0 aliphatic rings. The molecule has 2 aromatic carbocycles. The van der Waals surface area contributed by atoms with Crippen LogP contribution in [0.25, 0.3) is 0 Å². The molecule has 3 N–H and O–H groups in total. The summed E-state index contributed by atoms with van der Waals surface area (Å²) in [6, 6.07) is 17.0. The molecule has 0 fully saturated rings. The number of ketones is 1. The van der Waals surface area contributed by atoms with Gasteiger partial charge in [-0.05, 0) is 11.5 Å². The third-order valence-corrected chi connectivity index (χ3v) is 3.80. The van der Waals surface area contributed by atoms with Crippen molar-refractivity contribution in [3.05, 3.63) is 71.8 Å². The smallest absolute Gasteiger partial charge is 0.200 e. The van der Waals surface area contributed by atoms with Gasteiger partial charge in [-0.1, -0.05) is 74.5 Å². The third kappa shape index (κ3) is 2.89. The molecule has 2 rings (SSSR count). The van der Waals surface area contributed by atoms with Gasteiger partial charge in [0.25, 0.3) is 0 Å². The van der Waals surface area contributed by atoms with Crippen LogP contribution in [-0.2, 0) is 5.60 Å². The van der Waals surface area contributed by atoms with Gasteiger partial charge >= 0.3 is 0 Å². The van der Waals surface area contributed by atoms with Crippen molar-refractivity contribution < 1.29 is 9.90 Å². The van der Waals surface area contributed by atoms with Crippen LogP contribution in [0.3, 0.4) is 0 Å². The molecule has 3 heteroatoms. The minimum absolute atomic E-state index is 0.0390. The minimum atomic E-state index is -1.73. The zero-order valence-corrected chi connectivity index (χ0v) is 12.4. The van der Waals surface area contributed by atoms with Gasteiger partial charge in [0, 0.05) is 11.6 Å². The Morgan fingerprint density at radius 3 is 1.95 bits per heavy atom. The first kappa shape index (κ1) is 15.4. The van der Waals surface area contributed by atoms with Crippen LogP contribution in [0.15, 0.2) is 60.7 Å². The highest BCUT2D eigenvalue weighted by Crippen LogP contribution is 2.31. The van der Waals surface area contributed by atoms with Gasteiger partial charge < -0.3 is 10.8 Å². The molecule has 2 aromatic rings. The number of Topliss-reactive ketones (excluding diaryl/α,β-unsaturated/α-hetero) is 1. The second-order valence-electron chi connectivity index (χ2n) is 5.60. The van der Waals surface area contributed by atoms with Crippen molar-refractivity contribution in [1.82, 2.24) is 0 Å². The maximum atomic E-state index is 12.9. The van der Waals surface area contributed by atoms with Crippen molar-refractivity contribution in [3.63, 3.8) is 0 Å². The Morgan fingerprint density at radius 1 is 1.00 bits per heavy atom. The zero-order valence-electron chi connectivity index (χ0n) is 12.4. The van der Waals surface area contributed by atoms with Gasteiger partial charge in [0.05, 0.1) is 0 Å². The zero-order chi connectivity index (χ0) is 15.5. The summed E-state index contributed by atoms with van der Waals surface area (Å²) in [5, 5.41) is 11.2. The van der Waals surface area contributed by atoms with Gasteiger partial charge in [-0.15, -0.1) is 0 Å². The molecule has 0 saturated heterocycles. The quantitative estimate of drug-likeness (QED) is 0.829. The van der Waals surface area contributed by atoms with Gasteiger partial charge in [-0.2, -0.15) is 0 Å². The molecule has 0 aliphatic carbocycles. The van der Waals surface area contributed by atoms with Crippen LogP contribution < -0.4 is 5.73 Å². The van der Waals surface area contributed by atoms with E-state index >= 15 is 0 Å². The molecule has 21 heavy (non-hydrogen) atoms. The van der Waals surface area contributed by atoms with Gasteiger partial charge in [0.15, 0.2) is 5.60 Å². The standard InChI is InChI=1S/C18H21NO2/c1-13(2)16(19)18(21,15-11-7-4-8-12-15)17(20)14-9-5-3-6-10-14/h3-13,16,21H,19H2,1-2H3. The summed E-state index contributed by atoms with van der Waals surface area (Å²) >= 11 is 0. The van der Waals surface area contributed by atoms with Crippen LogP contribution in [0, 0.1) is 5.92 Å². The van der Waals surface area contributed by atoms with Crippen molar-refractivity contribution in [1.29, 1.82) is 0 Å². The lowest BCUT2D eigenvalue weighted by atomic mass is 9.76. The van der Waals surface area contributed by atoms with E-state index in [9.17, 15) is 9.90 Å². The molecular weight excluding hydrogens is 262 g/mol. The Balaban J connectivity index is 2.54. The van der Waals surface area contributed by atoms with E-state index in [4.69, 9.17) is 5.73 Å². The molecule has 0 radical (unpaired) electrons. The number of carbonyl (C=O) groups is 1. The number of carbonyl (C=O) groups excluding carboxylic acids is 1. The van der Waals surface area contributed by atoms with Gasteiger partial charge in [0.1, 0.15) is 0 Å². The SMILES string of the molecule is CC(C)C(N)C(O)(C(=O)c1ccccc1)c1ccccc1. The molecule has 0 saturated carbocycles. The number of rotatable bonds is 5. The minimum Gasteiger partial charge on any atom is -0.375 e. The monoisotopic (exact) mass is 283 g/mol. The molecule has 2 atom stereocenters. The summed E-state index contributed by atoms with van der Waals surface area (Å²) in [7, 11) is 0. The number of hydrogen-bond donors (Lipinski definition) is 2. The first-order valence-electron chi connectivity index (χ1n) is 7.11. The second kappa shape index (κ2) is 6.20. The molecular formula is C18H21NO2. The molecule has 0 spiro atoms. The highest BCUT2D eigenvalue weighted by atomic mass is 16.3. The average Bonchev–Trinajstić information content (AvgIpc) is 2.54. The van der Waals surface area contributed by atoms with Crippen LogP contribution in [0.4, 0.5) is 0 Å². The lowest BCUT2D eigenvalue weighted by molar-refractivity contribution is 0.00598. The van der Waals surface area contributed by atoms with E-state index in [1.54, 1.807) is 48.5 Å². The first-order valence-corrected chi connectivity index (χ1v) is 7.11. The molecule has 0 heterocycles. The van der Waals surface area contributed by atoms with Crippen molar-refractivity contribution in [2.24, 2.45) is 11.7 Å². The molecule has 110 valence electrons. The summed E-state index contributed by atoms with van der Waals surface area (Å²) in [4.78, 5) is 12.9. The molecule has 0 aliphatic heterocycles. The van der Waals surface area contributed by atoms with Crippen LogP contribution in [-0.4, -0.2) is 16.9 Å². The normalized spacial score (nSPS) is 15.5. The van der Waals surface area contributed by atoms with E-state index in [2.05, 4.69) is 0 Å². The second-order valence-corrected chi connectivity index (χ2v) is 5.60. The lowest BCUT2D eigenvalue weighted by Gasteiger charge is -2.35. The Hall–Kier alpha value is -1.97. The van der Waals surface area contributed by atoms with Crippen molar-refractivity contribution in [2.45, 2.75) is 25.5 Å². The van der Waals surface area contributed by atoms with Crippen molar-refractivity contribution >= 4 is 5.78 Å². The number of hydrogen-bond acceptors (Lipinski definition) is 3. The maximum absolute atomic E-state index is 12.9. The average molecular weight is 283 g/mol. The first-order chi connectivity index (χ1) is 9.98. The van der Waals surface area contributed by atoms with E-state index in [0.29, 0.717) is 11.1 Å². The summed E-state index contributed by atoms with van der Waals surface area (Å²) in [6.07, 6.45) is 0. The fraction of sp³-hybridized carbons (Fsp3) is 0.278. The van der Waals surface area contributed by atoms with Crippen molar-refractivity contribution in [2.75, 3.05) is 0 Å². The largest absolute Gasteiger partial charge is 0.375 e. The summed E-state index contributed by atoms with van der Waals surface area (Å²) < 4.78 is 0. The fourth-order valence-electron chi connectivity index (χ4n) is 2.46. The number of benzene rings is 2. The molecule has 0 bridgehead atoms. The van der Waals surface area contributed by atoms with Gasteiger partial charge in [-0.25, -0.2) is 0 Å². The topological polar surface area (TPSA) is 63.3 Å². The summed E-state index contributed by atoms with van der Waals surface area (Å²) in [5.74, 6) is -0.404. The molecule has 0 amide bonds. The van der Waals surface area contributed by atoms with Crippen LogP contribution in [0.2, 0.25) is 0 Å².